The number of carbonyl (C=O) groups is 1. The van der Waals surface area contributed by atoms with Gasteiger partial charge < -0.3 is 5.32 Å². The third-order valence-corrected chi connectivity index (χ3v) is 4.15. The zero-order valence-corrected chi connectivity index (χ0v) is 13.1. The summed E-state index contributed by atoms with van der Waals surface area (Å²) >= 11 is 9.18. The van der Waals surface area contributed by atoms with E-state index in [-0.39, 0.29) is 21.1 Å². The van der Waals surface area contributed by atoms with Gasteiger partial charge in [-0.2, -0.15) is 0 Å². The fourth-order valence-electron chi connectivity index (χ4n) is 1.27. The molecule has 0 aliphatic carbocycles. The van der Waals surface area contributed by atoms with Crippen molar-refractivity contribution < 1.29 is 9.72 Å². The zero-order chi connectivity index (χ0) is 14.8. The molecule has 1 N–H and O–H groups in total. The molecular weight excluding hydrogens is 336 g/mol. The van der Waals surface area contributed by atoms with Gasteiger partial charge in [-0.1, -0.05) is 34.5 Å². The smallest absolute Gasteiger partial charge is 0.271 e. The number of carbonyl (C=O) groups excluding carboxylic acids is 1. The van der Waals surface area contributed by atoms with Crippen molar-refractivity contribution in [2.24, 2.45) is 0 Å². The van der Waals surface area contributed by atoms with E-state index in [1.54, 1.807) is 0 Å². The minimum Gasteiger partial charge on any atom is -0.346 e. The summed E-state index contributed by atoms with van der Waals surface area (Å²) in [5.74, 6) is -0.401. The summed E-state index contributed by atoms with van der Waals surface area (Å²) in [5.41, 5.74) is -0.531. The molecular formula is C12H14BrClN2O3. The number of nitro benzene ring substituents is 1. The number of amides is 1. The normalized spacial score (nSPS) is 12.9. The zero-order valence-electron chi connectivity index (χ0n) is 10.7. The van der Waals surface area contributed by atoms with Gasteiger partial charge in [0.1, 0.15) is 0 Å². The number of hydrogen-bond donors (Lipinski definition) is 1. The fourth-order valence-corrected chi connectivity index (χ4v) is 1.62. The summed E-state index contributed by atoms with van der Waals surface area (Å²) in [6.07, 6.45) is 0. The second-order valence-electron chi connectivity index (χ2n) is 4.75. The van der Waals surface area contributed by atoms with Crippen LogP contribution in [0.25, 0.3) is 0 Å². The monoisotopic (exact) mass is 348 g/mol. The predicted molar refractivity (Wildman–Crippen MR) is 78.0 cm³/mol. The molecule has 1 amide bonds. The van der Waals surface area contributed by atoms with E-state index in [1.807, 2.05) is 20.8 Å². The molecule has 1 unspecified atom stereocenters. The Kier molecular flexibility index (Phi) is 4.92. The topological polar surface area (TPSA) is 72.2 Å². The van der Waals surface area contributed by atoms with Crippen molar-refractivity contribution in [1.82, 2.24) is 5.32 Å². The Morgan fingerprint density at radius 1 is 1.47 bits per heavy atom. The van der Waals surface area contributed by atoms with Crippen LogP contribution in [0.4, 0.5) is 5.69 Å². The van der Waals surface area contributed by atoms with E-state index < -0.39 is 16.4 Å². The van der Waals surface area contributed by atoms with Crippen molar-refractivity contribution in [3.8, 4) is 0 Å². The lowest BCUT2D eigenvalue weighted by molar-refractivity contribution is -0.384. The first kappa shape index (κ1) is 15.9. The highest BCUT2D eigenvalue weighted by molar-refractivity contribution is 9.09. The molecule has 0 radical (unpaired) electrons. The number of non-ortho nitro benzene ring substituents is 1. The lowest BCUT2D eigenvalue weighted by Crippen LogP contribution is -2.48. The van der Waals surface area contributed by atoms with E-state index >= 15 is 0 Å². The van der Waals surface area contributed by atoms with Gasteiger partial charge in [-0.15, -0.1) is 0 Å². The second kappa shape index (κ2) is 5.88. The van der Waals surface area contributed by atoms with E-state index in [0.717, 1.165) is 0 Å². The van der Waals surface area contributed by atoms with Crippen LogP contribution < -0.4 is 5.32 Å². The van der Waals surface area contributed by atoms with E-state index in [1.165, 1.54) is 18.2 Å². The molecule has 0 saturated carbocycles. The standard InChI is InChI=1S/C12H14BrClN2O3/c1-7(13)12(2,3)15-11(17)8-4-9(14)6-10(5-8)16(18)19/h4-7H,1-3H3,(H,15,17). The summed E-state index contributed by atoms with van der Waals surface area (Å²) in [6, 6.07) is 3.81. The summed E-state index contributed by atoms with van der Waals surface area (Å²) in [7, 11) is 0. The van der Waals surface area contributed by atoms with Gasteiger partial charge in [0.05, 0.1) is 4.92 Å². The van der Waals surface area contributed by atoms with Gasteiger partial charge in [-0.3, -0.25) is 14.9 Å². The minimum atomic E-state index is -0.582. The van der Waals surface area contributed by atoms with E-state index in [2.05, 4.69) is 21.2 Å². The molecule has 0 aliphatic heterocycles. The van der Waals surface area contributed by atoms with Crippen LogP contribution in [0.3, 0.4) is 0 Å². The van der Waals surface area contributed by atoms with Gasteiger partial charge in [0.2, 0.25) is 0 Å². The molecule has 7 heteroatoms. The Hall–Kier alpha value is -1.14. The number of hydrogen-bond acceptors (Lipinski definition) is 3. The molecule has 1 aromatic carbocycles. The quantitative estimate of drug-likeness (QED) is 0.513. The van der Waals surface area contributed by atoms with Gasteiger partial charge in [-0.05, 0) is 19.9 Å². The average Bonchev–Trinajstić information content (AvgIpc) is 2.27. The Bertz CT molecular complexity index is 518. The minimum absolute atomic E-state index is 0.0399. The lowest BCUT2D eigenvalue weighted by Gasteiger charge is -2.29. The molecule has 1 aromatic rings. The van der Waals surface area contributed by atoms with Crippen molar-refractivity contribution in [2.45, 2.75) is 31.1 Å². The van der Waals surface area contributed by atoms with Crippen LogP contribution in [0, 0.1) is 10.1 Å². The number of nitrogens with zero attached hydrogens (tertiary/aromatic N) is 1. The predicted octanol–water partition coefficient (Wildman–Crippen LogP) is 3.54. The third kappa shape index (κ3) is 4.18. The fraction of sp³-hybridized carbons (Fsp3) is 0.417. The highest BCUT2D eigenvalue weighted by Crippen LogP contribution is 2.22. The number of benzene rings is 1. The van der Waals surface area contributed by atoms with Crippen molar-refractivity contribution in [3.63, 3.8) is 0 Å². The molecule has 0 aliphatic rings. The van der Waals surface area contributed by atoms with Crippen LogP contribution in [-0.4, -0.2) is 21.2 Å². The maximum Gasteiger partial charge on any atom is 0.271 e. The Balaban J connectivity index is 3.04. The largest absolute Gasteiger partial charge is 0.346 e. The molecule has 0 bridgehead atoms. The summed E-state index contributed by atoms with van der Waals surface area (Å²) in [6.45, 7) is 5.60. The number of rotatable bonds is 4. The van der Waals surface area contributed by atoms with Crippen LogP contribution in [0.5, 0.6) is 0 Å². The highest BCUT2D eigenvalue weighted by Gasteiger charge is 2.26. The first-order valence-electron chi connectivity index (χ1n) is 5.55. The number of nitro groups is 1. The van der Waals surface area contributed by atoms with E-state index in [9.17, 15) is 14.9 Å². The summed E-state index contributed by atoms with van der Waals surface area (Å²) < 4.78 is 0. The molecule has 0 fully saturated rings. The van der Waals surface area contributed by atoms with Gasteiger partial charge in [0, 0.05) is 33.1 Å². The molecule has 0 aromatic heterocycles. The van der Waals surface area contributed by atoms with Crippen LogP contribution in [0.15, 0.2) is 18.2 Å². The Morgan fingerprint density at radius 2 is 2.05 bits per heavy atom. The van der Waals surface area contributed by atoms with Crippen LogP contribution in [0.2, 0.25) is 5.02 Å². The first-order chi connectivity index (χ1) is 8.63. The van der Waals surface area contributed by atoms with Crippen LogP contribution >= 0.6 is 27.5 Å². The first-order valence-corrected chi connectivity index (χ1v) is 6.84. The highest BCUT2D eigenvalue weighted by atomic mass is 79.9. The Labute approximate surface area is 124 Å². The number of nitrogens with one attached hydrogen (secondary N) is 1. The molecule has 1 rings (SSSR count). The molecule has 0 spiro atoms. The maximum atomic E-state index is 12.1. The third-order valence-electron chi connectivity index (χ3n) is 2.79. The van der Waals surface area contributed by atoms with Crippen molar-refractivity contribution in [3.05, 3.63) is 38.9 Å². The van der Waals surface area contributed by atoms with Gasteiger partial charge >= 0.3 is 0 Å². The van der Waals surface area contributed by atoms with E-state index in [4.69, 9.17) is 11.6 Å². The van der Waals surface area contributed by atoms with Crippen molar-refractivity contribution in [2.75, 3.05) is 0 Å². The van der Waals surface area contributed by atoms with E-state index in [0.29, 0.717) is 0 Å². The molecule has 5 nitrogen and oxygen atoms in total. The number of alkyl halides is 1. The van der Waals surface area contributed by atoms with Gasteiger partial charge in [-0.25, -0.2) is 0 Å². The SMILES string of the molecule is CC(Br)C(C)(C)NC(=O)c1cc(Cl)cc([N+](=O)[O-])c1. The van der Waals surface area contributed by atoms with Crippen LogP contribution in [0.1, 0.15) is 31.1 Å². The summed E-state index contributed by atoms with van der Waals surface area (Å²) in [4.78, 5) is 22.3. The van der Waals surface area contributed by atoms with Gasteiger partial charge in [0.25, 0.3) is 11.6 Å². The molecule has 0 saturated heterocycles. The lowest BCUT2D eigenvalue weighted by atomic mass is 10.0. The van der Waals surface area contributed by atoms with Crippen LogP contribution in [-0.2, 0) is 0 Å². The Morgan fingerprint density at radius 3 is 2.53 bits per heavy atom. The van der Waals surface area contributed by atoms with Crippen molar-refractivity contribution in [1.29, 1.82) is 0 Å². The summed E-state index contributed by atoms with van der Waals surface area (Å²) in [5, 5.41) is 13.7. The molecule has 19 heavy (non-hydrogen) atoms. The molecule has 1 atom stereocenters. The maximum absolute atomic E-state index is 12.1. The molecule has 0 heterocycles. The number of halogens is 2. The second-order valence-corrected chi connectivity index (χ2v) is 6.56. The average molecular weight is 350 g/mol. The molecule has 104 valence electrons. The van der Waals surface area contributed by atoms with Crippen molar-refractivity contribution >= 4 is 39.1 Å². The van der Waals surface area contributed by atoms with Gasteiger partial charge in [0.15, 0.2) is 0 Å².